The van der Waals surface area contributed by atoms with Crippen LogP contribution in [-0.4, -0.2) is 68.6 Å². The van der Waals surface area contributed by atoms with Crippen molar-refractivity contribution in [3.63, 3.8) is 0 Å². The van der Waals surface area contributed by atoms with Crippen LogP contribution in [0.1, 0.15) is 25.7 Å². The van der Waals surface area contributed by atoms with Crippen LogP contribution in [0.3, 0.4) is 0 Å². The van der Waals surface area contributed by atoms with Crippen molar-refractivity contribution in [2.75, 3.05) is 36.5 Å². The second-order valence-electron chi connectivity index (χ2n) is 10.5. The molecule has 3 saturated carbocycles. The number of carboxylic acid groups (broad SMARTS) is 1. The number of halogens is 1. The van der Waals surface area contributed by atoms with Gasteiger partial charge in [0.2, 0.25) is 0 Å². The molecule has 3 aliphatic carbocycles. The maximum atomic E-state index is 14.1. The molecule has 12 heteroatoms. The van der Waals surface area contributed by atoms with E-state index in [1.807, 2.05) is 12.1 Å². The zero-order chi connectivity index (χ0) is 26.5. The van der Waals surface area contributed by atoms with Gasteiger partial charge in [-0.15, -0.1) is 0 Å². The lowest BCUT2D eigenvalue weighted by atomic mass is 9.61. The molecule has 2 bridgehead atoms. The van der Waals surface area contributed by atoms with Gasteiger partial charge in [0.05, 0.1) is 30.7 Å². The van der Waals surface area contributed by atoms with Gasteiger partial charge in [0.25, 0.3) is 0 Å². The zero-order valence-electron chi connectivity index (χ0n) is 21.1. The summed E-state index contributed by atoms with van der Waals surface area (Å²) in [4.78, 5) is 27.9. The average Bonchev–Trinajstić information content (AvgIpc) is 3.62. The molecule has 4 fully saturated rings. The van der Waals surface area contributed by atoms with Crippen LogP contribution in [0.4, 0.5) is 16.1 Å². The molecule has 8 rings (SSSR count). The fraction of sp³-hybridized carbons (Fsp3) is 0.444. The summed E-state index contributed by atoms with van der Waals surface area (Å²) in [6, 6.07) is 6.64. The Labute approximate surface area is 222 Å². The number of furan rings is 1. The first-order valence-electron chi connectivity index (χ1n) is 13.3. The number of aromatic amines is 1. The smallest absolute Gasteiger partial charge is 0.308 e. The van der Waals surface area contributed by atoms with Crippen molar-refractivity contribution in [2.45, 2.75) is 31.7 Å². The van der Waals surface area contributed by atoms with Gasteiger partial charge >= 0.3 is 5.97 Å². The molecule has 11 nitrogen and oxygen atoms in total. The quantitative estimate of drug-likeness (QED) is 0.333. The number of morpholine rings is 1. The number of rotatable bonds is 6. The van der Waals surface area contributed by atoms with Crippen LogP contribution < -0.4 is 10.2 Å². The summed E-state index contributed by atoms with van der Waals surface area (Å²) in [5.74, 6) is 0.660. The second kappa shape index (κ2) is 9.60. The van der Waals surface area contributed by atoms with Crippen molar-refractivity contribution in [3.05, 3.63) is 36.3 Å². The highest BCUT2D eigenvalue weighted by Gasteiger charge is 2.47. The molecular formula is C27H28FN7O4. The molecule has 4 aromatic heterocycles. The Hall–Kier alpha value is -4.06. The van der Waals surface area contributed by atoms with Crippen LogP contribution in [0, 0.1) is 23.6 Å². The fourth-order valence-corrected chi connectivity index (χ4v) is 6.41. The molecule has 0 amide bonds. The van der Waals surface area contributed by atoms with E-state index in [0.717, 1.165) is 50.9 Å². The van der Waals surface area contributed by atoms with Crippen molar-refractivity contribution >= 4 is 28.7 Å². The van der Waals surface area contributed by atoms with E-state index in [1.54, 1.807) is 6.07 Å². The molecule has 4 aromatic rings. The molecule has 0 aromatic carbocycles. The Bertz CT molecular complexity index is 1520. The summed E-state index contributed by atoms with van der Waals surface area (Å²) in [7, 11) is 0. The van der Waals surface area contributed by atoms with Crippen LogP contribution in [0.25, 0.3) is 34.0 Å². The van der Waals surface area contributed by atoms with Gasteiger partial charge in [0.1, 0.15) is 23.0 Å². The van der Waals surface area contributed by atoms with E-state index >= 15 is 0 Å². The Morgan fingerprint density at radius 2 is 1.90 bits per heavy atom. The van der Waals surface area contributed by atoms with Gasteiger partial charge in [-0.05, 0) is 49.7 Å². The van der Waals surface area contributed by atoms with E-state index < -0.39 is 17.7 Å². The Kier molecular flexibility index (Phi) is 5.91. The van der Waals surface area contributed by atoms with E-state index in [4.69, 9.17) is 19.1 Å². The van der Waals surface area contributed by atoms with E-state index in [9.17, 15) is 14.3 Å². The second-order valence-corrected chi connectivity index (χ2v) is 10.5. The number of nitrogens with one attached hydrogen (secondary N) is 2. The first-order chi connectivity index (χ1) is 19.0. The van der Waals surface area contributed by atoms with Crippen molar-refractivity contribution in [3.8, 4) is 23.0 Å². The number of H-pyrrole nitrogens is 1. The molecule has 4 aliphatic rings. The largest absolute Gasteiger partial charge is 0.481 e. The summed E-state index contributed by atoms with van der Waals surface area (Å²) >= 11 is 0. The molecule has 1 saturated heterocycles. The minimum absolute atomic E-state index is 0.150. The van der Waals surface area contributed by atoms with Crippen LogP contribution in [0.5, 0.6) is 0 Å². The number of carbonyl (C=O) groups is 1. The SMILES string of the molecule is O=C(O)C1C2CCC(CC2)C1Nc1cc(-c2ccc(N3CCOCC3)o2)nc(-c2[nH]nc3ncc(F)cc23)n1. The highest BCUT2D eigenvalue weighted by Crippen LogP contribution is 2.46. The summed E-state index contributed by atoms with van der Waals surface area (Å²) in [5.41, 5.74) is 1.28. The van der Waals surface area contributed by atoms with Crippen molar-refractivity contribution in [1.29, 1.82) is 0 Å². The molecule has 5 heterocycles. The van der Waals surface area contributed by atoms with Gasteiger partial charge in [-0.2, -0.15) is 5.10 Å². The molecule has 202 valence electrons. The minimum Gasteiger partial charge on any atom is -0.481 e. The molecule has 2 atom stereocenters. The number of aliphatic carboxylic acids is 1. The lowest BCUT2D eigenvalue weighted by Crippen LogP contribution is -2.51. The lowest BCUT2D eigenvalue weighted by Gasteiger charge is -2.47. The monoisotopic (exact) mass is 533 g/mol. The Morgan fingerprint density at radius 1 is 1.10 bits per heavy atom. The summed E-state index contributed by atoms with van der Waals surface area (Å²) in [6.45, 7) is 2.73. The maximum absolute atomic E-state index is 14.1. The predicted molar refractivity (Wildman–Crippen MR) is 140 cm³/mol. The maximum Gasteiger partial charge on any atom is 0.308 e. The number of hydrogen-bond donors (Lipinski definition) is 3. The third kappa shape index (κ3) is 4.38. The molecular weight excluding hydrogens is 505 g/mol. The number of hydrogen-bond acceptors (Lipinski definition) is 9. The average molecular weight is 534 g/mol. The number of nitrogens with zero attached hydrogens (tertiary/aromatic N) is 5. The van der Waals surface area contributed by atoms with Gasteiger partial charge in [0, 0.05) is 31.3 Å². The standard InChI is InChI=1S/C27H28FN7O4/c28-16-11-17-24(33-34-25(17)29-13-16)26-30-18(19-5-6-21(39-19)35-7-9-38-10-8-35)12-20(32-26)31-23-15-3-1-14(2-4-15)22(23)27(36)37/h5-6,11-15,22-23H,1-4,7-10H2,(H,36,37)(H,29,33,34)(H,30,31,32). The van der Waals surface area contributed by atoms with Crippen molar-refractivity contribution in [1.82, 2.24) is 25.1 Å². The first kappa shape index (κ1) is 24.0. The number of carboxylic acids is 1. The van der Waals surface area contributed by atoms with Crippen molar-refractivity contribution in [2.24, 2.45) is 17.8 Å². The van der Waals surface area contributed by atoms with Gasteiger partial charge < -0.3 is 24.5 Å². The number of ether oxygens (including phenoxy) is 1. The van der Waals surface area contributed by atoms with Crippen LogP contribution in [0.15, 0.2) is 34.9 Å². The number of aromatic nitrogens is 5. The van der Waals surface area contributed by atoms with Crippen LogP contribution in [-0.2, 0) is 9.53 Å². The highest BCUT2D eigenvalue weighted by molar-refractivity contribution is 5.89. The summed E-state index contributed by atoms with van der Waals surface area (Å²) in [5, 5.41) is 21.1. The van der Waals surface area contributed by atoms with E-state index in [-0.39, 0.29) is 23.7 Å². The van der Waals surface area contributed by atoms with Gasteiger partial charge in [0.15, 0.2) is 23.1 Å². The van der Waals surface area contributed by atoms with Crippen molar-refractivity contribution < 1.29 is 23.4 Å². The van der Waals surface area contributed by atoms with E-state index in [2.05, 4.69) is 25.4 Å². The number of fused-ring (bicyclic) bond motifs is 4. The molecule has 0 spiro atoms. The third-order valence-corrected chi connectivity index (χ3v) is 8.31. The molecule has 3 N–H and O–H groups in total. The van der Waals surface area contributed by atoms with Crippen LogP contribution in [0.2, 0.25) is 0 Å². The zero-order valence-corrected chi connectivity index (χ0v) is 21.1. The Balaban J connectivity index is 1.30. The topological polar surface area (TPSA) is 142 Å². The van der Waals surface area contributed by atoms with Crippen LogP contribution >= 0.6 is 0 Å². The molecule has 2 unspecified atom stereocenters. The highest BCUT2D eigenvalue weighted by atomic mass is 19.1. The van der Waals surface area contributed by atoms with Gasteiger partial charge in [-0.3, -0.25) is 9.89 Å². The van der Waals surface area contributed by atoms with E-state index in [1.165, 1.54) is 6.07 Å². The molecule has 1 aliphatic heterocycles. The van der Waals surface area contributed by atoms with E-state index in [0.29, 0.717) is 47.2 Å². The number of anilines is 2. The third-order valence-electron chi connectivity index (χ3n) is 8.31. The molecule has 0 radical (unpaired) electrons. The normalized spacial score (nSPS) is 24.8. The molecule has 39 heavy (non-hydrogen) atoms. The first-order valence-corrected chi connectivity index (χ1v) is 13.3. The fourth-order valence-electron chi connectivity index (χ4n) is 6.41. The lowest BCUT2D eigenvalue weighted by molar-refractivity contribution is -0.148. The predicted octanol–water partition coefficient (Wildman–Crippen LogP) is 3.95. The number of pyridine rings is 1. The van der Waals surface area contributed by atoms with Gasteiger partial charge in [-0.25, -0.2) is 19.3 Å². The van der Waals surface area contributed by atoms with Gasteiger partial charge in [-0.1, -0.05) is 0 Å². The minimum atomic E-state index is -0.779. The summed E-state index contributed by atoms with van der Waals surface area (Å²) < 4.78 is 25.7. The Morgan fingerprint density at radius 3 is 2.69 bits per heavy atom. The summed E-state index contributed by atoms with van der Waals surface area (Å²) in [6.07, 6.45) is 4.98.